The van der Waals surface area contributed by atoms with Gasteiger partial charge in [0.2, 0.25) is 0 Å². The molecule has 1 N–H and O–H groups in total. The van der Waals surface area contributed by atoms with Crippen molar-refractivity contribution in [2.24, 2.45) is 5.16 Å². The number of amides is 1. The fraction of sp³-hybridized carbons (Fsp3) is 0.364. The van der Waals surface area contributed by atoms with Crippen LogP contribution in [0.5, 0.6) is 5.75 Å². The van der Waals surface area contributed by atoms with Gasteiger partial charge in [-0.05, 0) is 23.3 Å². The Balaban J connectivity index is 1.21. The molecule has 0 unspecified atom stereocenters. The van der Waals surface area contributed by atoms with Crippen molar-refractivity contribution in [2.45, 2.75) is 31.4 Å². The maximum Gasteiger partial charge on any atom is 0.426 e. The van der Waals surface area contributed by atoms with Crippen molar-refractivity contribution in [3.05, 3.63) is 65.7 Å². The van der Waals surface area contributed by atoms with Crippen LogP contribution in [0.4, 0.5) is 4.79 Å². The summed E-state index contributed by atoms with van der Waals surface area (Å²) in [5.74, 6) is 0.784. The second kappa shape index (κ2) is 8.53. The minimum atomic E-state index is -0.453. The molecule has 1 amide bonds. The first-order chi connectivity index (χ1) is 14.2. The third-order valence-corrected chi connectivity index (χ3v) is 5.39. The third kappa shape index (κ3) is 4.68. The fourth-order valence-corrected chi connectivity index (χ4v) is 3.63. The van der Waals surface area contributed by atoms with E-state index < -0.39 is 6.09 Å². The van der Waals surface area contributed by atoms with Gasteiger partial charge in [0, 0.05) is 38.9 Å². The number of methoxy groups -OCH3 is 1. The number of ether oxygens (including phenoxy) is 1. The molecule has 0 atom stereocenters. The van der Waals surface area contributed by atoms with Gasteiger partial charge in [-0.3, -0.25) is 0 Å². The van der Waals surface area contributed by atoms with Gasteiger partial charge in [0.25, 0.3) is 0 Å². The lowest BCUT2D eigenvalue weighted by Gasteiger charge is -2.35. The van der Waals surface area contributed by atoms with Crippen molar-refractivity contribution in [1.29, 1.82) is 0 Å². The van der Waals surface area contributed by atoms with Crippen LogP contribution in [0.1, 0.15) is 30.4 Å². The van der Waals surface area contributed by atoms with Gasteiger partial charge in [0.05, 0.1) is 12.8 Å². The highest BCUT2D eigenvalue weighted by atomic mass is 16.7. The molecule has 1 saturated heterocycles. The topological polar surface area (TPSA) is 72.4 Å². The molecule has 7 heteroatoms. The molecule has 2 aromatic carbocycles. The van der Waals surface area contributed by atoms with Crippen molar-refractivity contribution in [1.82, 2.24) is 10.4 Å². The molecule has 2 heterocycles. The van der Waals surface area contributed by atoms with Crippen LogP contribution in [0.3, 0.4) is 0 Å². The van der Waals surface area contributed by atoms with E-state index in [9.17, 15) is 4.79 Å². The van der Waals surface area contributed by atoms with Crippen molar-refractivity contribution in [3.63, 3.8) is 0 Å². The molecule has 1 fully saturated rings. The fourth-order valence-electron chi connectivity index (χ4n) is 3.63. The van der Waals surface area contributed by atoms with Gasteiger partial charge in [-0.25, -0.2) is 4.79 Å². The van der Waals surface area contributed by atoms with Gasteiger partial charge < -0.3 is 19.7 Å². The Hall–Kier alpha value is -3.06. The second-order valence-corrected chi connectivity index (χ2v) is 7.36. The molecule has 0 bridgehead atoms. The van der Waals surface area contributed by atoms with E-state index in [4.69, 9.17) is 14.4 Å². The quantitative estimate of drug-likeness (QED) is 0.839. The first kappa shape index (κ1) is 19.3. The average molecular weight is 395 g/mol. The predicted octanol–water partition coefficient (Wildman–Crippen LogP) is 3.50. The van der Waals surface area contributed by atoms with E-state index in [1.165, 1.54) is 0 Å². The van der Waals surface area contributed by atoms with Gasteiger partial charge >= 0.3 is 6.09 Å². The van der Waals surface area contributed by atoms with Gasteiger partial charge in [-0.15, -0.1) is 5.06 Å². The first-order valence-corrected chi connectivity index (χ1v) is 9.80. The van der Waals surface area contributed by atoms with E-state index >= 15 is 0 Å². The van der Waals surface area contributed by atoms with E-state index in [2.05, 4.69) is 10.5 Å². The smallest absolute Gasteiger partial charge is 0.426 e. The first-order valence-electron chi connectivity index (χ1n) is 9.80. The van der Waals surface area contributed by atoms with E-state index in [-0.39, 0.29) is 5.60 Å². The SMILES string of the molecule is COc1ccc(CNC(=O)ON2CCC3(CC2)CC(c2ccccc2)=NO3)cc1. The summed E-state index contributed by atoms with van der Waals surface area (Å²) in [6.07, 6.45) is 1.86. The van der Waals surface area contributed by atoms with Crippen LogP contribution in [0.15, 0.2) is 59.8 Å². The van der Waals surface area contributed by atoms with Crippen LogP contribution in [0, 0.1) is 0 Å². The summed E-state index contributed by atoms with van der Waals surface area (Å²) in [5.41, 5.74) is 2.77. The molecule has 0 aliphatic carbocycles. The zero-order valence-corrected chi connectivity index (χ0v) is 16.5. The maximum absolute atomic E-state index is 12.1. The van der Waals surface area contributed by atoms with Crippen molar-refractivity contribution >= 4 is 11.8 Å². The molecule has 0 aromatic heterocycles. The molecular weight excluding hydrogens is 370 g/mol. The molecule has 152 valence electrons. The number of carbonyl (C=O) groups is 1. The lowest BCUT2D eigenvalue weighted by atomic mass is 9.86. The lowest BCUT2D eigenvalue weighted by molar-refractivity contribution is -0.157. The summed E-state index contributed by atoms with van der Waals surface area (Å²) in [6.45, 7) is 1.64. The summed E-state index contributed by atoms with van der Waals surface area (Å²) < 4.78 is 5.13. The number of hydrogen-bond donors (Lipinski definition) is 1. The number of nitrogens with one attached hydrogen (secondary N) is 1. The van der Waals surface area contributed by atoms with Crippen molar-refractivity contribution < 1.29 is 19.2 Å². The van der Waals surface area contributed by atoms with Crippen molar-refractivity contribution in [2.75, 3.05) is 20.2 Å². The number of oxime groups is 1. The highest BCUT2D eigenvalue weighted by molar-refractivity contribution is 6.01. The number of rotatable bonds is 5. The van der Waals surface area contributed by atoms with Gasteiger partial charge in [-0.2, -0.15) is 0 Å². The monoisotopic (exact) mass is 395 g/mol. The molecule has 1 spiro atoms. The minimum Gasteiger partial charge on any atom is -0.497 e. The summed E-state index contributed by atoms with van der Waals surface area (Å²) in [7, 11) is 1.62. The molecule has 2 aromatic rings. The Morgan fingerprint density at radius 2 is 1.86 bits per heavy atom. The van der Waals surface area contributed by atoms with E-state index in [0.29, 0.717) is 19.6 Å². The predicted molar refractivity (Wildman–Crippen MR) is 109 cm³/mol. The zero-order chi connectivity index (χ0) is 20.1. The summed E-state index contributed by atoms with van der Waals surface area (Å²) >= 11 is 0. The second-order valence-electron chi connectivity index (χ2n) is 7.36. The Morgan fingerprint density at radius 1 is 1.14 bits per heavy atom. The maximum atomic E-state index is 12.1. The van der Waals surface area contributed by atoms with Crippen LogP contribution in [0.25, 0.3) is 0 Å². The number of hydrogen-bond acceptors (Lipinski definition) is 6. The Kier molecular flexibility index (Phi) is 5.67. The normalized spacial score (nSPS) is 18.0. The molecule has 0 saturated carbocycles. The van der Waals surface area contributed by atoms with Crippen LogP contribution in [0.2, 0.25) is 0 Å². The number of piperidine rings is 1. The zero-order valence-electron chi connectivity index (χ0n) is 16.5. The van der Waals surface area contributed by atoms with Crippen molar-refractivity contribution in [3.8, 4) is 5.75 Å². The Morgan fingerprint density at radius 3 is 2.55 bits per heavy atom. The summed E-state index contributed by atoms with van der Waals surface area (Å²) in [6, 6.07) is 17.6. The third-order valence-electron chi connectivity index (χ3n) is 5.39. The number of nitrogens with zero attached hydrogens (tertiary/aromatic N) is 2. The lowest BCUT2D eigenvalue weighted by Crippen LogP contribution is -2.46. The average Bonchev–Trinajstić information content (AvgIpc) is 3.19. The molecule has 7 nitrogen and oxygen atoms in total. The Bertz CT molecular complexity index is 859. The van der Waals surface area contributed by atoms with E-state index in [1.807, 2.05) is 54.6 Å². The van der Waals surface area contributed by atoms with Crippen LogP contribution < -0.4 is 10.1 Å². The minimum absolute atomic E-state index is 0.287. The molecule has 4 rings (SSSR count). The summed E-state index contributed by atoms with van der Waals surface area (Å²) in [5, 5.41) is 8.78. The van der Waals surface area contributed by atoms with Crippen LogP contribution in [-0.2, 0) is 16.2 Å². The van der Waals surface area contributed by atoms with Crippen LogP contribution in [-0.4, -0.2) is 42.7 Å². The molecular formula is C22H25N3O4. The number of benzene rings is 2. The molecule has 2 aliphatic heterocycles. The molecule has 29 heavy (non-hydrogen) atoms. The number of hydroxylamine groups is 2. The highest BCUT2D eigenvalue weighted by Crippen LogP contribution is 2.36. The van der Waals surface area contributed by atoms with E-state index in [1.54, 1.807) is 12.2 Å². The van der Waals surface area contributed by atoms with Gasteiger partial charge in [0.15, 0.2) is 0 Å². The van der Waals surface area contributed by atoms with E-state index in [0.717, 1.165) is 41.9 Å². The highest BCUT2D eigenvalue weighted by Gasteiger charge is 2.43. The van der Waals surface area contributed by atoms with Crippen LogP contribution >= 0.6 is 0 Å². The summed E-state index contributed by atoms with van der Waals surface area (Å²) in [4.78, 5) is 23.4. The van der Waals surface area contributed by atoms with Gasteiger partial charge in [0.1, 0.15) is 11.4 Å². The number of carbonyl (C=O) groups excluding carboxylic acids is 1. The molecule has 2 aliphatic rings. The Labute approximate surface area is 170 Å². The van der Waals surface area contributed by atoms with Gasteiger partial charge in [-0.1, -0.05) is 47.6 Å². The largest absolute Gasteiger partial charge is 0.497 e. The standard InChI is InChI=1S/C22H25N3O4/c1-27-19-9-7-17(8-10-19)16-23-21(26)28-25-13-11-22(12-14-25)15-20(24-29-22)18-5-3-2-4-6-18/h2-10H,11-16H2,1H3,(H,23,26). The molecule has 0 radical (unpaired) electrons.